The molecule has 4 nitrogen and oxygen atoms in total. The first-order chi connectivity index (χ1) is 12.7. The number of rotatable bonds is 14. The Morgan fingerprint density at radius 2 is 1.31 bits per heavy atom. The highest BCUT2D eigenvalue weighted by Crippen LogP contribution is 2.31. The van der Waals surface area contributed by atoms with Crippen LogP contribution in [-0.4, -0.2) is 31.4 Å². The van der Waals surface area contributed by atoms with Gasteiger partial charge in [0.1, 0.15) is 11.4 Å². The van der Waals surface area contributed by atoms with Gasteiger partial charge in [0.2, 0.25) is 0 Å². The van der Waals surface area contributed by atoms with E-state index in [9.17, 15) is 5.11 Å². The molecule has 0 saturated carbocycles. The van der Waals surface area contributed by atoms with Gasteiger partial charge in [-0.05, 0) is 37.8 Å². The average Bonchev–Trinajstić information content (AvgIpc) is 2.65. The minimum absolute atomic E-state index is 0.322. The minimum Gasteiger partial charge on any atom is -0.506 e. The summed E-state index contributed by atoms with van der Waals surface area (Å²) in [5, 5.41) is 16.5. The molecular formula is C22H42N2O2. The van der Waals surface area contributed by atoms with Crippen molar-refractivity contribution < 1.29 is 9.84 Å². The van der Waals surface area contributed by atoms with Gasteiger partial charge >= 0.3 is 0 Å². The van der Waals surface area contributed by atoms with Crippen LogP contribution in [0.3, 0.4) is 0 Å². The van der Waals surface area contributed by atoms with Gasteiger partial charge in [0.15, 0.2) is 0 Å². The summed E-state index contributed by atoms with van der Waals surface area (Å²) in [4.78, 5) is 0. The van der Waals surface area contributed by atoms with Crippen molar-refractivity contribution in [2.45, 2.75) is 79.1 Å². The molecule has 0 aromatic heterocycles. The van der Waals surface area contributed by atoms with Crippen LogP contribution in [0.25, 0.3) is 0 Å². The minimum atomic E-state index is 0.322. The Balaban J connectivity index is 0.000000590. The molecule has 0 amide bonds. The van der Waals surface area contributed by atoms with Crippen LogP contribution in [0.4, 0.5) is 11.4 Å². The quantitative estimate of drug-likeness (QED) is 0.263. The van der Waals surface area contributed by atoms with Gasteiger partial charge in [-0.2, -0.15) is 0 Å². The Kier molecular flexibility index (Phi) is 17.4. The lowest BCUT2D eigenvalue weighted by Gasteiger charge is -2.14. The molecule has 1 rings (SSSR count). The molecule has 0 atom stereocenters. The number of anilines is 2. The van der Waals surface area contributed by atoms with Crippen molar-refractivity contribution in [3.05, 3.63) is 18.2 Å². The molecular weight excluding hydrogens is 324 g/mol. The monoisotopic (exact) mass is 366 g/mol. The molecule has 0 bridgehead atoms. The van der Waals surface area contributed by atoms with E-state index in [1.54, 1.807) is 6.07 Å². The number of nitrogens with one attached hydrogen (secondary N) is 2. The fraction of sp³-hybridized carbons (Fsp3) is 0.727. The van der Waals surface area contributed by atoms with E-state index in [-0.39, 0.29) is 0 Å². The SMILES string of the molecule is CCCCNc1cccc(O)c1NCCCC.CCCCOCCCC. The van der Waals surface area contributed by atoms with Crippen molar-refractivity contribution >= 4 is 11.4 Å². The maximum absolute atomic E-state index is 9.84. The maximum Gasteiger partial charge on any atom is 0.140 e. The number of unbranched alkanes of at least 4 members (excludes halogenated alkanes) is 4. The first-order valence-electron chi connectivity index (χ1n) is 10.6. The standard InChI is InChI=1S/C14H24N2O.C8H18O/c1-3-5-10-15-12-8-7-9-13(17)14(12)16-11-6-4-2;1-3-5-7-9-8-6-4-2/h7-9,15-17H,3-6,10-11H2,1-2H3;3-8H2,1-2H3. The topological polar surface area (TPSA) is 53.5 Å². The average molecular weight is 367 g/mol. The molecule has 0 aliphatic carbocycles. The summed E-state index contributed by atoms with van der Waals surface area (Å²) in [6, 6.07) is 5.59. The summed E-state index contributed by atoms with van der Waals surface area (Å²) < 4.78 is 5.31. The Bertz CT molecular complexity index is 419. The van der Waals surface area contributed by atoms with Crippen molar-refractivity contribution in [3.8, 4) is 5.75 Å². The fourth-order valence-corrected chi connectivity index (χ4v) is 2.26. The lowest BCUT2D eigenvalue weighted by atomic mass is 10.2. The summed E-state index contributed by atoms with van der Waals surface area (Å²) >= 11 is 0. The number of benzene rings is 1. The zero-order valence-electron chi connectivity index (χ0n) is 17.6. The van der Waals surface area contributed by atoms with Gasteiger partial charge < -0.3 is 20.5 Å². The third-order valence-electron chi connectivity index (χ3n) is 4.00. The van der Waals surface area contributed by atoms with Crippen LogP contribution >= 0.6 is 0 Å². The zero-order valence-corrected chi connectivity index (χ0v) is 17.6. The molecule has 4 heteroatoms. The van der Waals surface area contributed by atoms with E-state index in [4.69, 9.17) is 4.74 Å². The normalized spacial score (nSPS) is 10.2. The zero-order chi connectivity index (χ0) is 19.5. The summed E-state index contributed by atoms with van der Waals surface area (Å²) in [5.74, 6) is 0.322. The molecule has 0 saturated heterocycles. The number of aromatic hydroxyl groups is 1. The number of phenols is 1. The van der Waals surface area contributed by atoms with Crippen molar-refractivity contribution in [1.29, 1.82) is 0 Å². The number of hydrogen-bond acceptors (Lipinski definition) is 4. The number of hydrogen-bond donors (Lipinski definition) is 3. The van der Waals surface area contributed by atoms with Crippen LogP contribution in [0.2, 0.25) is 0 Å². The highest BCUT2D eigenvalue weighted by molar-refractivity contribution is 5.75. The molecule has 0 fully saturated rings. The van der Waals surface area contributed by atoms with Crippen LogP contribution in [0.1, 0.15) is 79.1 Å². The van der Waals surface area contributed by atoms with Crippen LogP contribution in [-0.2, 0) is 4.74 Å². The van der Waals surface area contributed by atoms with E-state index in [1.807, 2.05) is 12.1 Å². The lowest BCUT2D eigenvalue weighted by molar-refractivity contribution is 0.128. The Labute approximate surface area is 161 Å². The third kappa shape index (κ3) is 12.9. The number of ether oxygens (including phenoxy) is 1. The van der Waals surface area contributed by atoms with Crippen LogP contribution in [0.15, 0.2) is 18.2 Å². The highest BCUT2D eigenvalue weighted by Gasteiger charge is 2.06. The maximum atomic E-state index is 9.84. The van der Waals surface area contributed by atoms with Crippen LogP contribution < -0.4 is 10.6 Å². The first kappa shape index (κ1) is 24.6. The molecule has 0 aliphatic rings. The van der Waals surface area contributed by atoms with Gasteiger partial charge in [-0.25, -0.2) is 0 Å². The Hall–Kier alpha value is -1.42. The second-order valence-corrected chi connectivity index (χ2v) is 6.58. The van der Waals surface area contributed by atoms with Gasteiger partial charge in [0.05, 0.1) is 5.69 Å². The molecule has 152 valence electrons. The predicted octanol–water partition coefficient (Wildman–Crippen LogP) is 6.42. The molecule has 0 spiro atoms. The molecule has 1 aromatic rings. The van der Waals surface area contributed by atoms with Crippen molar-refractivity contribution in [3.63, 3.8) is 0 Å². The molecule has 0 radical (unpaired) electrons. The van der Waals surface area contributed by atoms with Gasteiger partial charge in [-0.1, -0.05) is 59.4 Å². The van der Waals surface area contributed by atoms with E-state index in [1.165, 1.54) is 32.1 Å². The molecule has 0 unspecified atom stereocenters. The number of phenolic OH excluding ortho intramolecular Hbond substituents is 1. The van der Waals surface area contributed by atoms with Crippen molar-refractivity contribution in [1.82, 2.24) is 0 Å². The summed E-state index contributed by atoms with van der Waals surface area (Å²) in [7, 11) is 0. The van der Waals surface area contributed by atoms with Crippen LogP contribution in [0.5, 0.6) is 5.75 Å². The van der Waals surface area contributed by atoms with Crippen LogP contribution in [0, 0.1) is 0 Å². The lowest BCUT2D eigenvalue weighted by Crippen LogP contribution is -2.07. The van der Waals surface area contributed by atoms with Gasteiger partial charge in [-0.15, -0.1) is 0 Å². The largest absolute Gasteiger partial charge is 0.506 e. The van der Waals surface area contributed by atoms with E-state index in [2.05, 4.69) is 38.3 Å². The van der Waals surface area contributed by atoms with Gasteiger partial charge in [-0.3, -0.25) is 0 Å². The molecule has 0 heterocycles. The molecule has 1 aromatic carbocycles. The smallest absolute Gasteiger partial charge is 0.140 e. The second kappa shape index (κ2) is 18.4. The van der Waals surface area contributed by atoms with E-state index in [0.717, 1.165) is 56.9 Å². The molecule has 3 N–H and O–H groups in total. The summed E-state index contributed by atoms with van der Waals surface area (Å²) in [6.07, 6.45) is 9.49. The summed E-state index contributed by atoms with van der Waals surface area (Å²) in [5.41, 5.74) is 1.83. The Morgan fingerprint density at radius 3 is 1.85 bits per heavy atom. The van der Waals surface area contributed by atoms with Gasteiger partial charge in [0, 0.05) is 26.3 Å². The summed E-state index contributed by atoms with van der Waals surface area (Å²) in [6.45, 7) is 12.5. The highest BCUT2D eigenvalue weighted by atomic mass is 16.5. The van der Waals surface area contributed by atoms with E-state index >= 15 is 0 Å². The number of para-hydroxylation sites is 1. The third-order valence-corrected chi connectivity index (χ3v) is 4.00. The second-order valence-electron chi connectivity index (χ2n) is 6.58. The first-order valence-corrected chi connectivity index (χ1v) is 10.6. The predicted molar refractivity (Wildman–Crippen MR) is 116 cm³/mol. The molecule has 26 heavy (non-hydrogen) atoms. The van der Waals surface area contributed by atoms with Crippen molar-refractivity contribution in [2.24, 2.45) is 0 Å². The van der Waals surface area contributed by atoms with Gasteiger partial charge in [0.25, 0.3) is 0 Å². The Morgan fingerprint density at radius 1 is 0.769 bits per heavy atom. The fourth-order valence-electron chi connectivity index (χ4n) is 2.26. The van der Waals surface area contributed by atoms with E-state index in [0.29, 0.717) is 5.75 Å². The van der Waals surface area contributed by atoms with E-state index < -0.39 is 0 Å². The van der Waals surface area contributed by atoms with Crippen molar-refractivity contribution in [2.75, 3.05) is 36.9 Å². The molecule has 0 aliphatic heterocycles.